The highest BCUT2D eigenvalue weighted by Gasteiger charge is 2.16. The van der Waals surface area contributed by atoms with Crippen LogP contribution in [0.5, 0.6) is 0 Å². The summed E-state index contributed by atoms with van der Waals surface area (Å²) in [6, 6.07) is 6.18. The molecule has 5 heteroatoms. The maximum absolute atomic E-state index is 11.4. The molecule has 4 nitrogen and oxygen atoms in total. The van der Waals surface area contributed by atoms with Gasteiger partial charge in [-0.25, -0.2) is 0 Å². The van der Waals surface area contributed by atoms with Gasteiger partial charge >= 0.3 is 0 Å². The van der Waals surface area contributed by atoms with Crippen molar-refractivity contribution in [1.82, 2.24) is 10.6 Å². The Morgan fingerprint density at radius 1 is 1.38 bits per heavy atom. The number of hydrogen-bond donors (Lipinski definition) is 2. The van der Waals surface area contributed by atoms with Crippen molar-refractivity contribution in [3.8, 4) is 0 Å². The first-order valence-corrected chi connectivity index (χ1v) is 7.95. The Morgan fingerprint density at radius 3 is 2.90 bits per heavy atom. The van der Waals surface area contributed by atoms with Gasteiger partial charge in [0.2, 0.25) is 5.91 Å². The molecule has 1 aromatic carbocycles. The third-order valence-corrected chi connectivity index (χ3v) is 3.85. The Balaban J connectivity index is 1.99. The van der Waals surface area contributed by atoms with Gasteiger partial charge in [-0.05, 0) is 30.2 Å². The smallest absolute Gasteiger partial charge is 0.221 e. The van der Waals surface area contributed by atoms with E-state index < -0.39 is 0 Å². The van der Waals surface area contributed by atoms with E-state index in [9.17, 15) is 4.79 Å². The average Bonchev–Trinajstić information content (AvgIpc) is 2.63. The number of nitrogens with one attached hydrogen (secondary N) is 2. The van der Waals surface area contributed by atoms with E-state index in [2.05, 4.69) is 41.5 Å². The van der Waals surface area contributed by atoms with Crippen LogP contribution in [0.25, 0.3) is 0 Å². The summed E-state index contributed by atoms with van der Waals surface area (Å²) < 4.78 is 0. The van der Waals surface area contributed by atoms with Gasteiger partial charge in [-0.2, -0.15) is 0 Å². The first-order valence-electron chi connectivity index (χ1n) is 7.57. The van der Waals surface area contributed by atoms with E-state index in [0.717, 1.165) is 36.9 Å². The molecule has 2 rings (SSSR count). The lowest BCUT2D eigenvalue weighted by molar-refractivity contribution is -0.120. The monoisotopic (exact) mass is 309 g/mol. The molecule has 1 aromatic rings. The van der Waals surface area contributed by atoms with Gasteiger partial charge in [-0.1, -0.05) is 31.5 Å². The number of hydrogen-bond acceptors (Lipinski definition) is 3. The van der Waals surface area contributed by atoms with Crippen molar-refractivity contribution >= 4 is 23.2 Å². The molecule has 116 valence electrons. The highest BCUT2D eigenvalue weighted by atomic mass is 35.5. The molecular formula is C16H24ClN3O. The molecular weight excluding hydrogens is 286 g/mol. The van der Waals surface area contributed by atoms with Gasteiger partial charge in [-0.3, -0.25) is 4.79 Å². The normalized spacial score (nSPS) is 16.0. The van der Waals surface area contributed by atoms with E-state index >= 15 is 0 Å². The molecule has 0 atom stereocenters. The summed E-state index contributed by atoms with van der Waals surface area (Å²) in [7, 11) is 0. The molecule has 1 aliphatic heterocycles. The van der Waals surface area contributed by atoms with Crippen LogP contribution < -0.4 is 15.5 Å². The number of carbonyl (C=O) groups excluding carboxylic acids is 1. The van der Waals surface area contributed by atoms with Crippen molar-refractivity contribution in [3.63, 3.8) is 0 Å². The Hall–Kier alpha value is -1.26. The molecule has 1 saturated heterocycles. The van der Waals surface area contributed by atoms with Gasteiger partial charge in [-0.15, -0.1) is 0 Å². The first kappa shape index (κ1) is 16.1. The van der Waals surface area contributed by atoms with Gasteiger partial charge in [0.05, 0.1) is 10.7 Å². The number of carbonyl (C=O) groups is 1. The molecule has 0 aliphatic carbocycles. The summed E-state index contributed by atoms with van der Waals surface area (Å²) in [5, 5.41) is 7.05. The van der Waals surface area contributed by atoms with Crippen molar-refractivity contribution < 1.29 is 4.79 Å². The van der Waals surface area contributed by atoms with Crippen LogP contribution in [0.3, 0.4) is 0 Å². The SMILES string of the molecule is CC(C)CNCc1ccc(N2CCNC(=O)CC2)c(Cl)c1. The molecule has 1 aliphatic rings. The minimum atomic E-state index is 0.114. The summed E-state index contributed by atoms with van der Waals surface area (Å²) >= 11 is 6.42. The van der Waals surface area contributed by atoms with Crippen LogP contribution in [-0.2, 0) is 11.3 Å². The number of rotatable bonds is 5. The lowest BCUT2D eigenvalue weighted by atomic mass is 10.1. The van der Waals surface area contributed by atoms with Crippen LogP contribution in [0.1, 0.15) is 25.8 Å². The molecule has 0 spiro atoms. The Morgan fingerprint density at radius 2 is 2.19 bits per heavy atom. The van der Waals surface area contributed by atoms with Crippen molar-refractivity contribution in [3.05, 3.63) is 28.8 Å². The third kappa shape index (κ3) is 4.90. The van der Waals surface area contributed by atoms with Gasteiger partial charge in [0.25, 0.3) is 0 Å². The van der Waals surface area contributed by atoms with E-state index in [1.807, 2.05) is 6.07 Å². The van der Waals surface area contributed by atoms with E-state index in [1.165, 1.54) is 5.56 Å². The van der Waals surface area contributed by atoms with Gasteiger partial charge in [0.1, 0.15) is 0 Å². The van der Waals surface area contributed by atoms with Crippen molar-refractivity contribution in [1.29, 1.82) is 0 Å². The Kier molecular flexibility index (Phi) is 5.88. The fourth-order valence-electron chi connectivity index (χ4n) is 2.43. The van der Waals surface area contributed by atoms with E-state index in [-0.39, 0.29) is 5.91 Å². The van der Waals surface area contributed by atoms with Crippen molar-refractivity contribution in [2.75, 3.05) is 31.1 Å². The minimum Gasteiger partial charge on any atom is -0.368 e. The maximum atomic E-state index is 11.4. The Labute approximate surface area is 131 Å². The molecule has 0 bridgehead atoms. The predicted molar refractivity (Wildman–Crippen MR) is 87.8 cm³/mol. The first-order chi connectivity index (χ1) is 10.1. The standard InChI is InChI=1S/C16H24ClN3O/c1-12(2)10-18-11-13-3-4-15(14(17)9-13)20-7-5-16(21)19-6-8-20/h3-4,9,12,18H,5-8,10-11H2,1-2H3,(H,19,21). The minimum absolute atomic E-state index is 0.114. The summed E-state index contributed by atoms with van der Waals surface area (Å²) in [5.41, 5.74) is 2.20. The van der Waals surface area contributed by atoms with Crippen molar-refractivity contribution in [2.45, 2.75) is 26.8 Å². The molecule has 1 heterocycles. The molecule has 1 amide bonds. The maximum Gasteiger partial charge on any atom is 0.221 e. The lowest BCUT2D eigenvalue weighted by Crippen LogP contribution is -2.28. The van der Waals surface area contributed by atoms with E-state index in [0.29, 0.717) is 18.9 Å². The molecule has 0 aromatic heterocycles. The van der Waals surface area contributed by atoms with Crippen LogP contribution in [0.2, 0.25) is 5.02 Å². The summed E-state index contributed by atoms with van der Waals surface area (Å²) in [6.07, 6.45) is 0.522. The highest BCUT2D eigenvalue weighted by molar-refractivity contribution is 6.33. The molecule has 0 unspecified atom stereocenters. The zero-order valence-electron chi connectivity index (χ0n) is 12.8. The van der Waals surface area contributed by atoms with Crippen LogP contribution in [0, 0.1) is 5.92 Å². The predicted octanol–water partition coefficient (Wildman–Crippen LogP) is 2.41. The number of anilines is 1. The molecule has 21 heavy (non-hydrogen) atoms. The second kappa shape index (κ2) is 7.66. The summed E-state index contributed by atoms with van der Waals surface area (Å²) in [5.74, 6) is 0.755. The zero-order valence-corrected chi connectivity index (χ0v) is 13.5. The Bertz CT molecular complexity index is 490. The summed E-state index contributed by atoms with van der Waals surface area (Å²) in [4.78, 5) is 13.6. The van der Waals surface area contributed by atoms with Crippen LogP contribution in [0.4, 0.5) is 5.69 Å². The fraction of sp³-hybridized carbons (Fsp3) is 0.562. The quantitative estimate of drug-likeness (QED) is 0.878. The van der Waals surface area contributed by atoms with Crippen molar-refractivity contribution in [2.24, 2.45) is 5.92 Å². The largest absolute Gasteiger partial charge is 0.368 e. The molecule has 0 radical (unpaired) electrons. The average molecular weight is 310 g/mol. The van der Waals surface area contributed by atoms with Crippen LogP contribution >= 0.6 is 11.6 Å². The molecule has 0 saturated carbocycles. The third-order valence-electron chi connectivity index (χ3n) is 3.55. The topological polar surface area (TPSA) is 44.4 Å². The van der Waals surface area contributed by atoms with Gasteiger partial charge in [0.15, 0.2) is 0 Å². The van der Waals surface area contributed by atoms with Crippen LogP contribution in [0.15, 0.2) is 18.2 Å². The van der Waals surface area contributed by atoms with Gasteiger partial charge in [0, 0.05) is 32.6 Å². The molecule has 2 N–H and O–H groups in total. The zero-order chi connectivity index (χ0) is 15.2. The molecule has 1 fully saturated rings. The second-order valence-corrected chi connectivity index (χ2v) is 6.30. The highest BCUT2D eigenvalue weighted by Crippen LogP contribution is 2.27. The lowest BCUT2D eigenvalue weighted by Gasteiger charge is -2.23. The van der Waals surface area contributed by atoms with Crippen LogP contribution in [-0.4, -0.2) is 32.1 Å². The fourth-order valence-corrected chi connectivity index (χ4v) is 2.75. The summed E-state index contributed by atoms with van der Waals surface area (Å²) in [6.45, 7) is 8.41. The second-order valence-electron chi connectivity index (χ2n) is 5.90. The number of nitrogens with zero attached hydrogens (tertiary/aromatic N) is 1. The number of halogens is 1. The van der Waals surface area contributed by atoms with E-state index in [4.69, 9.17) is 11.6 Å². The number of amides is 1. The van der Waals surface area contributed by atoms with Gasteiger partial charge < -0.3 is 15.5 Å². The van der Waals surface area contributed by atoms with E-state index in [1.54, 1.807) is 0 Å². The number of benzene rings is 1.